The fourth-order valence-electron chi connectivity index (χ4n) is 9.46. The smallest absolute Gasteiger partial charge is 0.309 e. The third kappa shape index (κ3) is 26.2. The summed E-state index contributed by atoms with van der Waals surface area (Å²) in [6.07, 6.45) is 20.3. The summed E-state index contributed by atoms with van der Waals surface area (Å²) in [5.74, 6) is -2.13. The molecule has 3 fully saturated rings. The fourth-order valence-corrected chi connectivity index (χ4v) is 9.46. The minimum atomic E-state index is -1.14. The third-order valence-corrected chi connectivity index (χ3v) is 13.7. The number of aliphatic hydroxyl groups is 3. The van der Waals surface area contributed by atoms with Crippen molar-refractivity contribution in [3.05, 3.63) is 0 Å². The van der Waals surface area contributed by atoms with E-state index in [1.54, 1.807) is 6.92 Å². The normalized spacial score (nSPS) is 26.1. The van der Waals surface area contributed by atoms with Crippen molar-refractivity contribution in [3.8, 4) is 0 Å². The van der Waals surface area contributed by atoms with Crippen LogP contribution in [0.4, 0.5) is 0 Å². The van der Waals surface area contributed by atoms with Gasteiger partial charge in [-0.05, 0) is 39.0 Å². The molecule has 3 heterocycles. The number of epoxide rings is 1. The van der Waals surface area contributed by atoms with Gasteiger partial charge >= 0.3 is 17.9 Å². The molecule has 4 N–H and O–H groups in total. The van der Waals surface area contributed by atoms with E-state index < -0.39 is 91.7 Å². The first kappa shape index (κ1) is 59.4. The summed E-state index contributed by atoms with van der Waals surface area (Å²) in [5, 5.41) is 41.6. The lowest BCUT2D eigenvalue weighted by atomic mass is 10.0. The molecular weight excluding hydrogens is 861 g/mol. The van der Waals surface area contributed by atoms with E-state index in [1.807, 2.05) is 0 Å². The van der Waals surface area contributed by atoms with Crippen molar-refractivity contribution in [1.29, 1.82) is 0 Å². The molecule has 4 unspecified atom stereocenters. The van der Waals surface area contributed by atoms with E-state index in [9.17, 15) is 34.8 Å². The van der Waals surface area contributed by atoms with Crippen LogP contribution in [0.3, 0.4) is 0 Å². The molecule has 0 bridgehead atoms. The van der Waals surface area contributed by atoms with Crippen molar-refractivity contribution >= 4 is 17.9 Å². The molecule has 0 spiro atoms. The fraction of sp³-hybridized carbons (Fsp3) is 0.943. The van der Waals surface area contributed by atoms with Crippen molar-refractivity contribution in [2.24, 2.45) is 0 Å². The van der Waals surface area contributed by atoms with Crippen LogP contribution < -0.4 is 0 Å². The average molecular weight is 957 g/mol. The average Bonchev–Trinajstić information content (AvgIpc) is 4.07. The van der Waals surface area contributed by atoms with Gasteiger partial charge in [0.25, 0.3) is 0 Å². The monoisotopic (exact) mass is 957 g/mol. The van der Waals surface area contributed by atoms with Gasteiger partial charge in [0.2, 0.25) is 0 Å². The number of rotatable bonds is 42. The van der Waals surface area contributed by atoms with Gasteiger partial charge in [0.05, 0.1) is 37.6 Å². The largest absolute Gasteiger partial charge is 0.481 e. The maximum absolute atomic E-state index is 14.0. The highest BCUT2D eigenvalue weighted by atomic mass is 16.8. The number of carboxylic acids is 1. The molecule has 14 heteroatoms. The zero-order chi connectivity index (χ0) is 48.7. The van der Waals surface area contributed by atoms with Gasteiger partial charge in [-0.15, -0.1) is 0 Å². The summed E-state index contributed by atoms with van der Waals surface area (Å²) in [5.41, 5.74) is 0. The number of aliphatic hydroxyl groups excluding tert-OH is 3. The van der Waals surface area contributed by atoms with Crippen LogP contribution in [0.1, 0.15) is 246 Å². The summed E-state index contributed by atoms with van der Waals surface area (Å²) in [4.78, 5) is 39.3. The maximum atomic E-state index is 14.0. The zero-order valence-corrected chi connectivity index (χ0v) is 42.3. The summed E-state index contributed by atoms with van der Waals surface area (Å²) in [7, 11) is 0. The lowest BCUT2D eigenvalue weighted by Crippen LogP contribution is -2.55. The Morgan fingerprint density at radius 3 is 1.36 bits per heavy atom. The van der Waals surface area contributed by atoms with Gasteiger partial charge in [-0.25, -0.2) is 0 Å². The Bertz CT molecular complexity index is 1270. The number of unbranched alkanes of at least 4 members (excludes halogenated alkanes) is 24. The van der Waals surface area contributed by atoms with Crippen LogP contribution in [0.15, 0.2) is 0 Å². The van der Waals surface area contributed by atoms with E-state index in [2.05, 4.69) is 20.8 Å². The highest BCUT2D eigenvalue weighted by Gasteiger charge is 2.58. The number of fused-ring (bicyclic) bond motifs is 1. The Kier molecular flexibility index (Phi) is 32.0. The number of esters is 2. The quantitative estimate of drug-likeness (QED) is 0.0256. The van der Waals surface area contributed by atoms with Crippen LogP contribution >= 0.6 is 0 Å². The molecule has 0 aliphatic carbocycles. The van der Waals surface area contributed by atoms with Crippen molar-refractivity contribution in [3.63, 3.8) is 0 Å². The van der Waals surface area contributed by atoms with Gasteiger partial charge in [0.15, 0.2) is 18.9 Å². The van der Waals surface area contributed by atoms with Gasteiger partial charge in [-0.3, -0.25) is 14.4 Å². The number of carbonyl (C=O) groups is 3. The number of aliphatic carboxylic acids is 1. The Hall–Kier alpha value is -1.91. The molecule has 14 nitrogen and oxygen atoms in total. The SMILES string of the molecule is CCCCCCCCCCC[C@H](CC(=O)O)OC(=O)C[C@@H](CCCCCCCCCCC)OC(=O)C[C@@H](CCCCCCCCCCC)O[C@@H]1OC2O[C@@H]2C(O)[C@@H]1O[C@H]1CC(O)[C@@H](O)C(C)O1. The Balaban J connectivity index is 1.67. The Morgan fingerprint density at radius 1 is 0.522 bits per heavy atom. The second kappa shape index (κ2) is 36.1. The van der Waals surface area contributed by atoms with Crippen molar-refractivity contribution in [2.75, 3.05) is 0 Å². The minimum Gasteiger partial charge on any atom is -0.481 e. The standard InChI is InChI=1S/C53H96O14/c1-5-8-11-14-17-20-23-26-29-32-40(35-44(55)56)62-45(57)36-41(33-30-27-24-21-18-15-12-9-6-2)63-46(58)37-42(34-31-28-25-22-19-16-13-10-7-3)64-52-50(49(60)51-53(66-51)67-52)65-47-38-43(54)48(59)39(4)61-47/h39-43,47-54,59-60H,5-38H2,1-4H3,(H,55,56)/t39?,40-,41-,42-,43?,47+,48+,49?,50+,51-,52-,53?/m1/s1. The highest BCUT2D eigenvalue weighted by molar-refractivity contribution is 5.73. The number of carboxylic acid groups (broad SMARTS) is 1. The topological polar surface area (TPSA) is 200 Å². The van der Waals surface area contributed by atoms with Crippen molar-refractivity contribution < 1.29 is 68.0 Å². The molecule has 3 rings (SSSR count). The van der Waals surface area contributed by atoms with E-state index in [0.29, 0.717) is 19.3 Å². The van der Waals surface area contributed by atoms with Gasteiger partial charge in [-0.2, -0.15) is 0 Å². The number of hydrogen-bond donors (Lipinski definition) is 4. The molecule has 0 aromatic heterocycles. The van der Waals surface area contributed by atoms with Crippen LogP contribution in [-0.4, -0.2) is 112 Å². The van der Waals surface area contributed by atoms with E-state index in [0.717, 1.165) is 77.0 Å². The minimum absolute atomic E-state index is 0.0241. The predicted molar refractivity (Wildman–Crippen MR) is 257 cm³/mol. The first-order valence-corrected chi connectivity index (χ1v) is 27.4. The number of carbonyl (C=O) groups excluding carboxylic acids is 2. The first-order valence-electron chi connectivity index (χ1n) is 27.4. The summed E-state index contributed by atoms with van der Waals surface area (Å²) >= 11 is 0. The Morgan fingerprint density at radius 2 is 0.925 bits per heavy atom. The zero-order valence-electron chi connectivity index (χ0n) is 42.3. The summed E-state index contributed by atoms with van der Waals surface area (Å²) in [6, 6.07) is 0. The molecule has 0 radical (unpaired) electrons. The molecule has 67 heavy (non-hydrogen) atoms. The molecule has 3 aliphatic rings. The molecule has 0 aromatic rings. The first-order chi connectivity index (χ1) is 32.4. The van der Waals surface area contributed by atoms with Crippen LogP contribution in [0, 0.1) is 0 Å². The molecule has 3 saturated heterocycles. The van der Waals surface area contributed by atoms with Gasteiger partial charge in [0, 0.05) is 6.42 Å². The second-order valence-electron chi connectivity index (χ2n) is 20.0. The molecule has 0 saturated carbocycles. The van der Waals surface area contributed by atoms with Crippen LogP contribution in [0.5, 0.6) is 0 Å². The van der Waals surface area contributed by atoms with Gasteiger partial charge in [0.1, 0.15) is 36.6 Å². The van der Waals surface area contributed by atoms with E-state index in [4.69, 9.17) is 33.2 Å². The van der Waals surface area contributed by atoms with Crippen molar-refractivity contribution in [2.45, 2.75) is 320 Å². The molecule has 0 aromatic carbocycles. The van der Waals surface area contributed by atoms with Gasteiger partial charge in [-0.1, -0.05) is 181 Å². The van der Waals surface area contributed by atoms with E-state index >= 15 is 0 Å². The molecule has 12 atom stereocenters. The van der Waals surface area contributed by atoms with Crippen molar-refractivity contribution in [1.82, 2.24) is 0 Å². The van der Waals surface area contributed by atoms with E-state index in [-0.39, 0.29) is 25.7 Å². The predicted octanol–water partition coefficient (Wildman–Crippen LogP) is 10.9. The molecule has 392 valence electrons. The van der Waals surface area contributed by atoms with Crippen LogP contribution in [0.2, 0.25) is 0 Å². The lowest BCUT2D eigenvalue weighted by molar-refractivity contribution is -0.325. The number of hydrogen-bond acceptors (Lipinski definition) is 13. The molecule has 0 amide bonds. The lowest BCUT2D eigenvalue weighted by Gasteiger charge is -2.40. The summed E-state index contributed by atoms with van der Waals surface area (Å²) < 4.78 is 42.1. The molecular formula is C53H96O14. The molecule has 3 aliphatic heterocycles. The maximum Gasteiger partial charge on any atom is 0.309 e. The van der Waals surface area contributed by atoms with Gasteiger partial charge < -0.3 is 53.6 Å². The van der Waals surface area contributed by atoms with E-state index in [1.165, 1.54) is 96.3 Å². The third-order valence-electron chi connectivity index (χ3n) is 13.7. The van der Waals surface area contributed by atoms with Crippen LogP contribution in [-0.2, 0) is 47.5 Å². The number of ether oxygens (including phenoxy) is 7. The van der Waals surface area contributed by atoms with Crippen LogP contribution in [0.25, 0.3) is 0 Å². The summed E-state index contributed by atoms with van der Waals surface area (Å²) in [6.45, 7) is 8.26. The Labute approximate surface area is 404 Å². The highest BCUT2D eigenvalue weighted by Crippen LogP contribution is 2.39. The second-order valence-corrected chi connectivity index (χ2v) is 20.0.